The number of anilines is 2. The van der Waals surface area contributed by atoms with Crippen LogP contribution in [0.1, 0.15) is 5.56 Å². The van der Waals surface area contributed by atoms with Crippen LogP contribution >= 0.6 is 0 Å². The zero-order valence-corrected chi connectivity index (χ0v) is 18.9. The molecule has 31 heavy (non-hydrogen) atoms. The van der Waals surface area contributed by atoms with Crippen LogP contribution < -0.4 is 15.4 Å². The van der Waals surface area contributed by atoms with Gasteiger partial charge < -0.3 is 25.2 Å². The molecule has 1 fully saturated rings. The van der Waals surface area contributed by atoms with Crippen LogP contribution in [0.4, 0.5) is 16.2 Å². The van der Waals surface area contributed by atoms with Gasteiger partial charge in [0, 0.05) is 51.5 Å². The van der Waals surface area contributed by atoms with Gasteiger partial charge in [-0.1, -0.05) is 30.3 Å². The summed E-state index contributed by atoms with van der Waals surface area (Å²) in [6, 6.07) is 16.2. The van der Waals surface area contributed by atoms with E-state index < -0.39 is 0 Å². The summed E-state index contributed by atoms with van der Waals surface area (Å²) in [5.74, 6) is 0.767. The molecule has 7 heteroatoms. The van der Waals surface area contributed by atoms with Crippen LogP contribution in [0.5, 0.6) is 5.75 Å². The molecule has 1 saturated heterocycles. The number of carbonyl (C=O) groups is 1. The Bertz CT molecular complexity index is 820. The highest BCUT2D eigenvalue weighted by Gasteiger charge is 2.21. The maximum absolute atomic E-state index is 12.8. The van der Waals surface area contributed by atoms with Crippen molar-refractivity contribution in [3.63, 3.8) is 0 Å². The highest BCUT2D eigenvalue weighted by Crippen LogP contribution is 2.28. The topological polar surface area (TPSA) is 60.1 Å². The fourth-order valence-corrected chi connectivity index (χ4v) is 3.65. The number of hydrogen-bond acceptors (Lipinski definition) is 5. The number of nitrogens with one attached hydrogen (secondary N) is 2. The zero-order chi connectivity index (χ0) is 22.1. The first kappa shape index (κ1) is 22.9. The van der Waals surface area contributed by atoms with E-state index in [0.717, 1.165) is 69.4 Å². The molecular formula is C24H35N5O2. The van der Waals surface area contributed by atoms with Gasteiger partial charge in [-0.05, 0) is 44.3 Å². The van der Waals surface area contributed by atoms with E-state index in [9.17, 15) is 4.79 Å². The molecule has 1 aliphatic rings. The molecule has 2 amide bonds. The Morgan fingerprint density at radius 1 is 1.06 bits per heavy atom. The predicted octanol–water partition coefficient (Wildman–Crippen LogP) is 3.06. The Labute approximate surface area is 186 Å². The minimum Gasteiger partial charge on any atom is -0.495 e. The Morgan fingerprint density at radius 2 is 1.81 bits per heavy atom. The second-order valence-electron chi connectivity index (χ2n) is 8.14. The number of hydrogen-bond donors (Lipinski definition) is 2. The van der Waals surface area contributed by atoms with E-state index in [-0.39, 0.29) is 6.03 Å². The lowest BCUT2D eigenvalue weighted by atomic mass is 10.1. The van der Waals surface area contributed by atoms with Crippen LogP contribution in [-0.4, -0.2) is 87.7 Å². The fourth-order valence-electron chi connectivity index (χ4n) is 3.65. The first-order chi connectivity index (χ1) is 15.0. The number of amides is 2. The Morgan fingerprint density at radius 3 is 2.48 bits per heavy atom. The quantitative estimate of drug-likeness (QED) is 0.647. The number of ether oxygens (including phenoxy) is 1. The van der Waals surface area contributed by atoms with Gasteiger partial charge in [0.2, 0.25) is 0 Å². The molecule has 0 bridgehead atoms. The molecule has 0 aromatic heterocycles. The number of methoxy groups -OCH3 is 1. The first-order valence-electron chi connectivity index (χ1n) is 10.9. The number of likely N-dealkylation sites (N-methyl/N-ethyl adjacent to an activating group) is 1. The van der Waals surface area contributed by atoms with E-state index in [0.29, 0.717) is 0 Å². The van der Waals surface area contributed by atoms with Gasteiger partial charge in [-0.15, -0.1) is 0 Å². The summed E-state index contributed by atoms with van der Waals surface area (Å²) in [6.07, 6.45) is 1.04. The lowest BCUT2D eigenvalue weighted by Crippen LogP contribution is -2.50. The number of benzene rings is 2. The highest BCUT2D eigenvalue weighted by atomic mass is 16.5. The van der Waals surface area contributed by atoms with Crippen LogP contribution in [0.3, 0.4) is 0 Å². The number of urea groups is 1. The molecule has 2 N–H and O–H groups in total. The lowest BCUT2D eigenvalue weighted by molar-refractivity contribution is 0.148. The third-order valence-electron chi connectivity index (χ3n) is 5.54. The molecule has 2 aromatic rings. The van der Waals surface area contributed by atoms with Gasteiger partial charge in [-0.2, -0.15) is 0 Å². The minimum absolute atomic E-state index is 0.0490. The number of nitrogens with zero attached hydrogens (tertiary/aromatic N) is 3. The Hall–Kier alpha value is -2.77. The van der Waals surface area contributed by atoms with Crippen molar-refractivity contribution in [3.8, 4) is 5.75 Å². The molecule has 0 radical (unpaired) electrons. The summed E-state index contributed by atoms with van der Waals surface area (Å²) >= 11 is 0. The molecule has 0 saturated carbocycles. The second-order valence-corrected chi connectivity index (χ2v) is 8.14. The summed E-state index contributed by atoms with van der Waals surface area (Å²) in [7, 11) is 5.73. The Balaban J connectivity index is 1.47. The van der Waals surface area contributed by atoms with Crippen molar-refractivity contribution in [1.29, 1.82) is 0 Å². The zero-order valence-electron chi connectivity index (χ0n) is 18.9. The molecule has 0 aliphatic carbocycles. The van der Waals surface area contributed by atoms with Gasteiger partial charge in [-0.25, -0.2) is 4.79 Å². The van der Waals surface area contributed by atoms with Gasteiger partial charge in [0.1, 0.15) is 5.75 Å². The van der Waals surface area contributed by atoms with Crippen molar-refractivity contribution >= 4 is 17.4 Å². The Kier molecular flexibility index (Phi) is 8.55. The normalized spacial score (nSPS) is 14.5. The monoisotopic (exact) mass is 425 g/mol. The predicted molar refractivity (Wildman–Crippen MR) is 127 cm³/mol. The van der Waals surface area contributed by atoms with Crippen LogP contribution in [0.2, 0.25) is 0 Å². The average molecular weight is 426 g/mol. The van der Waals surface area contributed by atoms with Gasteiger partial charge in [0.25, 0.3) is 0 Å². The van der Waals surface area contributed by atoms with Crippen LogP contribution in [0, 0.1) is 0 Å². The van der Waals surface area contributed by atoms with Crippen LogP contribution in [-0.2, 0) is 6.42 Å². The first-order valence-corrected chi connectivity index (χ1v) is 10.9. The van der Waals surface area contributed by atoms with E-state index in [1.54, 1.807) is 7.11 Å². The van der Waals surface area contributed by atoms with E-state index in [1.807, 2.05) is 43.3 Å². The fraction of sp³-hybridized carbons (Fsp3) is 0.458. The second kappa shape index (κ2) is 11.6. The van der Waals surface area contributed by atoms with Gasteiger partial charge >= 0.3 is 6.03 Å². The standard InChI is InChI=1S/C24H35N5O2/c1-27(2)14-12-25-22-19-21(9-10-23(22)31-3)26-24(30)29-17-15-28(16-18-29)13-11-20-7-5-4-6-8-20/h4-10,19,25H,11-18H2,1-3H3,(H,26,30). The summed E-state index contributed by atoms with van der Waals surface area (Å²) in [5.41, 5.74) is 3.01. The van der Waals surface area contributed by atoms with Gasteiger partial charge in [-0.3, -0.25) is 4.90 Å². The number of carbonyl (C=O) groups excluding carboxylic acids is 1. The molecule has 1 heterocycles. The van der Waals surface area contributed by atoms with E-state index in [2.05, 4.69) is 44.7 Å². The third kappa shape index (κ3) is 7.15. The van der Waals surface area contributed by atoms with Crippen LogP contribution in [0.15, 0.2) is 48.5 Å². The maximum Gasteiger partial charge on any atom is 0.321 e. The molecule has 0 unspecified atom stereocenters. The SMILES string of the molecule is COc1ccc(NC(=O)N2CCN(CCc3ccccc3)CC2)cc1NCCN(C)C. The van der Waals surface area contributed by atoms with Crippen molar-refractivity contribution in [3.05, 3.63) is 54.1 Å². The van der Waals surface area contributed by atoms with E-state index >= 15 is 0 Å². The van der Waals surface area contributed by atoms with Gasteiger partial charge in [0.15, 0.2) is 0 Å². The van der Waals surface area contributed by atoms with Crippen molar-refractivity contribution < 1.29 is 9.53 Å². The molecule has 0 spiro atoms. The van der Waals surface area contributed by atoms with Crippen LogP contribution in [0.25, 0.3) is 0 Å². The van der Waals surface area contributed by atoms with Crippen molar-refractivity contribution in [2.45, 2.75) is 6.42 Å². The minimum atomic E-state index is -0.0490. The average Bonchev–Trinajstić information content (AvgIpc) is 2.78. The van der Waals surface area contributed by atoms with E-state index in [4.69, 9.17) is 4.74 Å². The van der Waals surface area contributed by atoms with Crippen molar-refractivity contribution in [2.75, 3.05) is 77.7 Å². The van der Waals surface area contributed by atoms with Crippen molar-refractivity contribution in [2.24, 2.45) is 0 Å². The van der Waals surface area contributed by atoms with E-state index in [1.165, 1.54) is 5.56 Å². The molecule has 3 rings (SSSR count). The molecular weight excluding hydrogens is 390 g/mol. The summed E-state index contributed by atoms with van der Waals surface area (Å²) in [6.45, 7) is 6.02. The van der Waals surface area contributed by atoms with Crippen molar-refractivity contribution in [1.82, 2.24) is 14.7 Å². The lowest BCUT2D eigenvalue weighted by Gasteiger charge is -2.34. The molecule has 1 aliphatic heterocycles. The highest BCUT2D eigenvalue weighted by molar-refractivity contribution is 5.90. The third-order valence-corrected chi connectivity index (χ3v) is 5.54. The summed E-state index contributed by atoms with van der Waals surface area (Å²) < 4.78 is 5.44. The number of rotatable bonds is 9. The maximum atomic E-state index is 12.8. The molecule has 0 atom stereocenters. The smallest absolute Gasteiger partial charge is 0.321 e. The summed E-state index contributed by atoms with van der Waals surface area (Å²) in [5, 5.41) is 6.42. The molecule has 168 valence electrons. The molecule has 2 aromatic carbocycles. The largest absolute Gasteiger partial charge is 0.495 e. The number of piperazine rings is 1. The van der Waals surface area contributed by atoms with Gasteiger partial charge in [0.05, 0.1) is 12.8 Å². The molecule has 7 nitrogen and oxygen atoms in total. The summed E-state index contributed by atoms with van der Waals surface area (Å²) in [4.78, 5) is 19.2.